The summed E-state index contributed by atoms with van der Waals surface area (Å²) in [6.45, 7) is 2.66. The van der Waals surface area contributed by atoms with Crippen molar-refractivity contribution in [3.8, 4) is 5.75 Å². The highest BCUT2D eigenvalue weighted by Gasteiger charge is 2.23. The van der Waals surface area contributed by atoms with Gasteiger partial charge in [-0.15, -0.1) is 0 Å². The third-order valence-corrected chi connectivity index (χ3v) is 6.71. The van der Waals surface area contributed by atoms with E-state index in [2.05, 4.69) is 56.1 Å². The number of nitrogens with zero attached hydrogens (tertiary/aromatic N) is 5. The normalized spacial score (nSPS) is 15.0. The summed E-state index contributed by atoms with van der Waals surface area (Å²) in [5.74, 6) is 1.65. The number of likely N-dealkylation sites (tertiary alicyclic amines) is 1. The Kier molecular flexibility index (Phi) is 5.76. The molecule has 7 nitrogen and oxygen atoms in total. The van der Waals surface area contributed by atoms with Crippen LogP contribution < -0.4 is 9.64 Å². The minimum Gasteiger partial charge on any atom is -0.489 e. The molecule has 1 N–H and O–H groups in total. The molecule has 3 aromatic heterocycles. The van der Waals surface area contributed by atoms with E-state index in [0.29, 0.717) is 6.54 Å². The number of H-pyrrole nitrogens is 1. The second-order valence-corrected chi connectivity index (χ2v) is 9.12. The first-order valence-electron chi connectivity index (χ1n) is 12.1. The lowest BCUT2D eigenvalue weighted by atomic mass is 10.1. The number of nitrogens with one attached hydrogen (secondary N) is 1. The Morgan fingerprint density at radius 2 is 1.91 bits per heavy atom. The maximum Gasteiger partial charge on any atom is 0.148 e. The minimum atomic E-state index is 0.185. The fourth-order valence-corrected chi connectivity index (χ4v) is 4.80. The van der Waals surface area contributed by atoms with Crippen LogP contribution in [0.25, 0.3) is 21.8 Å². The number of fused-ring (bicyclic) bond motifs is 2. The van der Waals surface area contributed by atoms with Crippen LogP contribution in [0.15, 0.2) is 79.4 Å². The van der Waals surface area contributed by atoms with Gasteiger partial charge in [-0.05, 0) is 68.4 Å². The lowest BCUT2D eigenvalue weighted by Gasteiger charge is -2.30. The zero-order valence-electron chi connectivity index (χ0n) is 19.8. The summed E-state index contributed by atoms with van der Waals surface area (Å²) in [4.78, 5) is 21.8. The number of aromatic nitrogens is 4. The topological polar surface area (TPSA) is 70.2 Å². The van der Waals surface area contributed by atoms with E-state index in [4.69, 9.17) is 9.72 Å². The first-order valence-corrected chi connectivity index (χ1v) is 12.1. The summed E-state index contributed by atoms with van der Waals surface area (Å²) in [6, 6.07) is 20.6. The van der Waals surface area contributed by atoms with Crippen molar-refractivity contribution in [2.75, 3.05) is 25.0 Å². The average molecular weight is 465 g/mol. The van der Waals surface area contributed by atoms with Gasteiger partial charge < -0.3 is 19.5 Å². The molecule has 5 aromatic rings. The van der Waals surface area contributed by atoms with Crippen molar-refractivity contribution in [1.82, 2.24) is 24.8 Å². The molecule has 1 aliphatic rings. The van der Waals surface area contributed by atoms with E-state index in [1.807, 2.05) is 48.8 Å². The zero-order chi connectivity index (χ0) is 23.6. The molecule has 0 saturated carbocycles. The minimum absolute atomic E-state index is 0.185. The van der Waals surface area contributed by atoms with Gasteiger partial charge in [0.25, 0.3) is 0 Å². The van der Waals surface area contributed by atoms with E-state index in [9.17, 15) is 0 Å². The highest BCUT2D eigenvalue weighted by atomic mass is 16.5. The largest absolute Gasteiger partial charge is 0.489 e. The highest BCUT2D eigenvalue weighted by Crippen LogP contribution is 2.38. The summed E-state index contributed by atoms with van der Waals surface area (Å²) in [5, 5.41) is 2.08. The Hall–Kier alpha value is -3.97. The summed E-state index contributed by atoms with van der Waals surface area (Å²) in [5.41, 5.74) is 3.97. The summed E-state index contributed by atoms with van der Waals surface area (Å²) < 4.78 is 6.60. The van der Waals surface area contributed by atoms with Gasteiger partial charge in [0.2, 0.25) is 0 Å². The Morgan fingerprint density at radius 3 is 2.77 bits per heavy atom. The van der Waals surface area contributed by atoms with Gasteiger partial charge in [0.05, 0.1) is 23.1 Å². The molecule has 1 aliphatic heterocycles. The van der Waals surface area contributed by atoms with Crippen molar-refractivity contribution in [1.29, 1.82) is 0 Å². The Balaban J connectivity index is 1.47. The quantitative estimate of drug-likeness (QED) is 0.367. The van der Waals surface area contributed by atoms with E-state index in [0.717, 1.165) is 70.7 Å². The molecule has 0 radical (unpaired) electrons. The fourth-order valence-electron chi connectivity index (χ4n) is 4.80. The molecule has 6 rings (SSSR count). The molecular formula is C28H28N6O. The van der Waals surface area contributed by atoms with Crippen LogP contribution >= 0.6 is 0 Å². The van der Waals surface area contributed by atoms with E-state index in [1.54, 1.807) is 6.33 Å². The molecule has 2 aromatic carbocycles. The summed E-state index contributed by atoms with van der Waals surface area (Å²) in [6.07, 6.45) is 7.64. The number of anilines is 2. The number of aromatic amines is 1. The number of piperidine rings is 1. The second kappa shape index (κ2) is 9.35. The number of hydrogen-bond acceptors (Lipinski definition) is 6. The molecule has 0 bridgehead atoms. The van der Waals surface area contributed by atoms with Crippen molar-refractivity contribution in [3.63, 3.8) is 0 Å². The van der Waals surface area contributed by atoms with Gasteiger partial charge in [0, 0.05) is 42.1 Å². The van der Waals surface area contributed by atoms with Crippen LogP contribution in [0.3, 0.4) is 0 Å². The molecular weight excluding hydrogens is 436 g/mol. The molecule has 176 valence electrons. The third kappa shape index (κ3) is 4.42. The summed E-state index contributed by atoms with van der Waals surface area (Å²) in [7, 11) is 2.16. The summed E-state index contributed by atoms with van der Waals surface area (Å²) >= 11 is 0. The van der Waals surface area contributed by atoms with Crippen LogP contribution in [-0.2, 0) is 6.54 Å². The number of hydrogen-bond donors (Lipinski definition) is 1. The van der Waals surface area contributed by atoms with E-state index >= 15 is 0 Å². The molecule has 0 unspecified atom stereocenters. The van der Waals surface area contributed by atoms with Crippen molar-refractivity contribution < 1.29 is 4.74 Å². The lowest BCUT2D eigenvalue weighted by Crippen LogP contribution is -2.35. The maximum absolute atomic E-state index is 6.60. The fraction of sp³-hybridized carbons (Fsp3) is 0.250. The van der Waals surface area contributed by atoms with E-state index in [1.165, 1.54) is 0 Å². The average Bonchev–Trinajstić information content (AvgIpc) is 3.37. The van der Waals surface area contributed by atoms with Crippen LogP contribution in [0.1, 0.15) is 18.5 Å². The molecule has 35 heavy (non-hydrogen) atoms. The van der Waals surface area contributed by atoms with Gasteiger partial charge in [-0.3, -0.25) is 4.98 Å². The van der Waals surface area contributed by atoms with Gasteiger partial charge in [0.1, 0.15) is 24.0 Å². The van der Waals surface area contributed by atoms with Crippen molar-refractivity contribution in [2.45, 2.75) is 25.5 Å². The Bertz CT molecular complexity index is 1440. The molecule has 0 aliphatic carbocycles. The highest BCUT2D eigenvalue weighted by molar-refractivity contribution is 5.97. The van der Waals surface area contributed by atoms with Gasteiger partial charge in [-0.2, -0.15) is 0 Å². The number of ether oxygens (including phenoxy) is 1. The zero-order valence-corrected chi connectivity index (χ0v) is 19.8. The van der Waals surface area contributed by atoms with Crippen LogP contribution in [0.4, 0.5) is 11.5 Å². The van der Waals surface area contributed by atoms with Crippen molar-refractivity contribution >= 4 is 33.3 Å². The maximum atomic E-state index is 6.60. The molecule has 0 amide bonds. The molecule has 0 atom stereocenters. The first-order chi connectivity index (χ1) is 17.2. The monoisotopic (exact) mass is 464 g/mol. The van der Waals surface area contributed by atoms with Crippen molar-refractivity contribution in [3.05, 3.63) is 85.1 Å². The number of benzene rings is 2. The second-order valence-electron chi connectivity index (χ2n) is 9.12. The molecule has 4 heterocycles. The molecule has 7 heteroatoms. The predicted molar refractivity (Wildman–Crippen MR) is 139 cm³/mol. The van der Waals surface area contributed by atoms with E-state index < -0.39 is 0 Å². The van der Waals surface area contributed by atoms with E-state index in [-0.39, 0.29) is 6.10 Å². The van der Waals surface area contributed by atoms with Crippen molar-refractivity contribution in [2.24, 2.45) is 0 Å². The molecule has 1 saturated heterocycles. The smallest absolute Gasteiger partial charge is 0.148 e. The Morgan fingerprint density at radius 1 is 1.00 bits per heavy atom. The first kappa shape index (κ1) is 21.6. The van der Waals surface area contributed by atoms with Gasteiger partial charge >= 0.3 is 0 Å². The molecule has 0 spiro atoms. The van der Waals surface area contributed by atoms with Crippen LogP contribution in [-0.4, -0.2) is 51.1 Å². The molecule has 1 fully saturated rings. The van der Waals surface area contributed by atoms with Crippen LogP contribution in [0.5, 0.6) is 5.75 Å². The number of rotatable bonds is 6. The SMILES string of the molecule is CN1CCC(Oc2cccc3ncnc(N(Cc4ccccn4)c4ccc5[nH]ccc5c4)c23)CC1. The van der Waals surface area contributed by atoms with Gasteiger partial charge in [-0.25, -0.2) is 9.97 Å². The number of pyridine rings is 1. The predicted octanol–water partition coefficient (Wildman–Crippen LogP) is 5.32. The Labute approximate surface area is 204 Å². The standard InChI is InChI=1S/C28H28N6O/c1-33-15-11-23(12-16-33)35-26-7-4-6-25-27(26)28(32-19-31-25)34(18-21-5-2-3-13-29-21)22-8-9-24-20(17-22)10-14-30-24/h2-10,13-14,17,19,23,30H,11-12,15-16,18H2,1H3. The third-order valence-electron chi connectivity index (χ3n) is 6.71. The van der Waals surface area contributed by atoms with Crippen LogP contribution in [0.2, 0.25) is 0 Å². The van der Waals surface area contributed by atoms with Gasteiger partial charge in [0.15, 0.2) is 0 Å². The van der Waals surface area contributed by atoms with Crippen LogP contribution in [0, 0.1) is 0 Å². The lowest BCUT2D eigenvalue weighted by molar-refractivity contribution is 0.116. The van der Waals surface area contributed by atoms with Gasteiger partial charge in [-0.1, -0.05) is 12.1 Å².